The molecule has 130 valence electrons. The highest BCUT2D eigenvalue weighted by Gasteiger charge is 2.30. The van der Waals surface area contributed by atoms with Crippen molar-refractivity contribution >= 4 is 15.6 Å². The van der Waals surface area contributed by atoms with Crippen LogP contribution >= 0.6 is 0 Å². The Bertz CT molecular complexity index is 988. The van der Waals surface area contributed by atoms with E-state index in [2.05, 4.69) is 14.6 Å². The van der Waals surface area contributed by atoms with Gasteiger partial charge in [-0.05, 0) is 24.3 Å². The standard InChI is InChI=1S/C16H13F3N4OS/c17-16(18,19)12-6-8-13(9-7-12)25(20,24)23-14-10-21-22-15(14)11-4-2-1-3-5-11/h1-10H,(H,21,22)(H2,20,23,24). The van der Waals surface area contributed by atoms with Crippen LogP contribution in [0.15, 0.2) is 70.1 Å². The number of alkyl halides is 3. The molecule has 9 heteroatoms. The van der Waals surface area contributed by atoms with Crippen molar-refractivity contribution in [1.29, 1.82) is 0 Å². The van der Waals surface area contributed by atoms with Crippen LogP contribution in [0, 0.1) is 0 Å². The zero-order valence-corrected chi connectivity index (χ0v) is 13.5. The fourth-order valence-corrected chi connectivity index (χ4v) is 3.27. The molecule has 0 spiro atoms. The number of aromatic amines is 1. The maximum Gasteiger partial charge on any atom is 0.416 e. The van der Waals surface area contributed by atoms with Gasteiger partial charge < -0.3 is 0 Å². The van der Waals surface area contributed by atoms with Crippen LogP contribution in [0.2, 0.25) is 0 Å². The summed E-state index contributed by atoms with van der Waals surface area (Å²) in [6.45, 7) is 0. The van der Waals surface area contributed by atoms with Crippen molar-refractivity contribution < 1.29 is 17.4 Å². The molecule has 1 heterocycles. The van der Waals surface area contributed by atoms with Crippen LogP contribution in [0.3, 0.4) is 0 Å². The van der Waals surface area contributed by atoms with E-state index in [1.807, 2.05) is 30.3 Å². The second kappa shape index (κ2) is 6.34. The van der Waals surface area contributed by atoms with Crippen LogP contribution in [-0.4, -0.2) is 14.4 Å². The molecule has 3 rings (SSSR count). The molecule has 3 aromatic rings. The SMILES string of the molecule is NS(=O)(=Nc1cn[nH]c1-c1ccccc1)c1ccc(C(F)(F)F)cc1. The molecule has 3 N–H and O–H groups in total. The summed E-state index contributed by atoms with van der Waals surface area (Å²) in [7, 11) is -3.43. The highest BCUT2D eigenvalue weighted by atomic mass is 32.2. The van der Waals surface area contributed by atoms with E-state index >= 15 is 0 Å². The number of nitrogens with one attached hydrogen (secondary N) is 1. The van der Waals surface area contributed by atoms with Gasteiger partial charge in [0.2, 0.25) is 0 Å². The lowest BCUT2D eigenvalue weighted by Gasteiger charge is -2.08. The molecule has 1 atom stereocenters. The summed E-state index contributed by atoms with van der Waals surface area (Å²) in [5.74, 6) is 0. The average molecular weight is 366 g/mol. The molecular weight excluding hydrogens is 353 g/mol. The van der Waals surface area contributed by atoms with Gasteiger partial charge in [-0.3, -0.25) is 5.10 Å². The normalized spacial score (nSPS) is 14.1. The van der Waals surface area contributed by atoms with Crippen molar-refractivity contribution in [3.63, 3.8) is 0 Å². The van der Waals surface area contributed by atoms with Gasteiger partial charge in [0.1, 0.15) is 15.6 Å². The Hall–Kier alpha value is -2.65. The fourth-order valence-electron chi connectivity index (χ4n) is 2.20. The molecule has 0 saturated heterocycles. The van der Waals surface area contributed by atoms with Crippen molar-refractivity contribution in [3.05, 3.63) is 66.4 Å². The summed E-state index contributed by atoms with van der Waals surface area (Å²) < 4.78 is 54.6. The molecule has 0 aliphatic heterocycles. The van der Waals surface area contributed by atoms with Gasteiger partial charge in [0, 0.05) is 5.56 Å². The zero-order chi connectivity index (χ0) is 18.1. The third-order valence-electron chi connectivity index (χ3n) is 3.44. The fraction of sp³-hybridized carbons (Fsp3) is 0.0625. The van der Waals surface area contributed by atoms with Gasteiger partial charge in [0.05, 0.1) is 22.3 Å². The van der Waals surface area contributed by atoms with Crippen molar-refractivity contribution in [2.45, 2.75) is 11.1 Å². The molecule has 0 aliphatic carbocycles. The number of benzene rings is 2. The minimum Gasteiger partial charge on any atom is -0.276 e. The molecule has 25 heavy (non-hydrogen) atoms. The monoisotopic (exact) mass is 366 g/mol. The first-order valence-electron chi connectivity index (χ1n) is 7.08. The Morgan fingerprint density at radius 1 is 1.04 bits per heavy atom. The van der Waals surface area contributed by atoms with E-state index in [1.54, 1.807) is 0 Å². The molecule has 0 saturated carbocycles. The molecule has 0 amide bonds. The molecule has 0 aliphatic rings. The number of hydrogen-bond donors (Lipinski definition) is 2. The molecule has 0 fully saturated rings. The van der Waals surface area contributed by atoms with Crippen LogP contribution in [0.25, 0.3) is 11.3 Å². The average Bonchev–Trinajstić information content (AvgIpc) is 3.02. The summed E-state index contributed by atoms with van der Waals surface area (Å²) >= 11 is 0. The first kappa shape index (κ1) is 17.2. The first-order valence-corrected chi connectivity index (χ1v) is 8.66. The van der Waals surface area contributed by atoms with Gasteiger partial charge >= 0.3 is 6.18 Å². The maximum atomic E-state index is 12.7. The van der Waals surface area contributed by atoms with Crippen molar-refractivity contribution in [2.75, 3.05) is 0 Å². The van der Waals surface area contributed by atoms with Gasteiger partial charge in [0.25, 0.3) is 0 Å². The number of aromatic nitrogens is 2. The lowest BCUT2D eigenvalue weighted by atomic mass is 10.1. The molecule has 1 aromatic heterocycles. The maximum absolute atomic E-state index is 12.7. The van der Waals surface area contributed by atoms with E-state index in [1.165, 1.54) is 6.20 Å². The third-order valence-corrected chi connectivity index (χ3v) is 4.85. The van der Waals surface area contributed by atoms with E-state index in [0.717, 1.165) is 29.8 Å². The van der Waals surface area contributed by atoms with Gasteiger partial charge in [-0.1, -0.05) is 30.3 Å². The molecular formula is C16H13F3N4OS. The molecule has 0 radical (unpaired) electrons. The molecule has 5 nitrogen and oxygen atoms in total. The van der Waals surface area contributed by atoms with Crippen LogP contribution in [0.4, 0.5) is 18.9 Å². The predicted octanol–water partition coefficient (Wildman–Crippen LogP) is 4.13. The summed E-state index contributed by atoms with van der Waals surface area (Å²) in [4.78, 5) is 0.000659. The van der Waals surface area contributed by atoms with Crippen molar-refractivity contribution in [2.24, 2.45) is 9.50 Å². The summed E-state index contributed by atoms with van der Waals surface area (Å²) in [6.07, 6.45) is -3.12. The quantitative estimate of drug-likeness (QED) is 0.730. The number of rotatable bonds is 3. The number of H-pyrrole nitrogens is 1. The van der Waals surface area contributed by atoms with Crippen molar-refractivity contribution in [1.82, 2.24) is 10.2 Å². The number of hydrogen-bond acceptors (Lipinski definition) is 3. The highest BCUT2D eigenvalue weighted by molar-refractivity contribution is 7.91. The molecule has 0 bridgehead atoms. The lowest BCUT2D eigenvalue weighted by Crippen LogP contribution is -2.13. The second-order valence-corrected chi connectivity index (χ2v) is 6.97. The highest BCUT2D eigenvalue weighted by Crippen LogP contribution is 2.31. The van der Waals surface area contributed by atoms with E-state index in [0.29, 0.717) is 5.69 Å². The van der Waals surface area contributed by atoms with Gasteiger partial charge in [0.15, 0.2) is 0 Å². The van der Waals surface area contributed by atoms with Crippen molar-refractivity contribution in [3.8, 4) is 11.3 Å². The summed E-state index contributed by atoms with van der Waals surface area (Å²) in [6, 6.07) is 12.9. The number of halogens is 3. The smallest absolute Gasteiger partial charge is 0.276 e. The number of nitrogens with two attached hydrogens (primary N) is 1. The van der Waals surface area contributed by atoms with Crippen LogP contribution in [0.1, 0.15) is 5.56 Å². The predicted molar refractivity (Wildman–Crippen MR) is 88.2 cm³/mol. The minimum absolute atomic E-state index is 0.000659. The van der Waals surface area contributed by atoms with Gasteiger partial charge in [-0.2, -0.15) is 22.6 Å². The van der Waals surface area contributed by atoms with Crippen LogP contribution in [-0.2, 0) is 16.1 Å². The zero-order valence-electron chi connectivity index (χ0n) is 12.7. The largest absolute Gasteiger partial charge is 0.416 e. The summed E-state index contributed by atoms with van der Waals surface area (Å²) in [5.41, 5.74) is 0.699. The first-order chi connectivity index (χ1) is 11.8. The Morgan fingerprint density at radius 3 is 2.28 bits per heavy atom. The Kier molecular flexibility index (Phi) is 4.36. The van der Waals surface area contributed by atoms with E-state index in [-0.39, 0.29) is 10.6 Å². The van der Waals surface area contributed by atoms with Gasteiger partial charge in [-0.25, -0.2) is 9.35 Å². The van der Waals surface area contributed by atoms with E-state index in [4.69, 9.17) is 5.14 Å². The molecule has 2 aromatic carbocycles. The Morgan fingerprint density at radius 2 is 1.68 bits per heavy atom. The van der Waals surface area contributed by atoms with Crippen LogP contribution in [0.5, 0.6) is 0 Å². The summed E-state index contributed by atoms with van der Waals surface area (Å²) in [5, 5.41) is 12.4. The van der Waals surface area contributed by atoms with Gasteiger partial charge in [-0.15, -0.1) is 0 Å². The Balaban J connectivity index is 2.01. The third kappa shape index (κ3) is 3.72. The number of nitrogens with zero attached hydrogens (tertiary/aromatic N) is 2. The second-order valence-electron chi connectivity index (χ2n) is 5.18. The lowest BCUT2D eigenvalue weighted by molar-refractivity contribution is -0.137. The minimum atomic E-state index is -4.48. The van der Waals surface area contributed by atoms with E-state index < -0.39 is 21.7 Å². The van der Waals surface area contributed by atoms with Crippen LogP contribution < -0.4 is 5.14 Å². The molecule has 1 unspecified atom stereocenters. The topological polar surface area (TPSA) is 84.1 Å². The Labute approximate surface area is 142 Å². The van der Waals surface area contributed by atoms with E-state index in [9.17, 15) is 17.4 Å².